The third-order valence-corrected chi connectivity index (χ3v) is 4.40. The van der Waals surface area contributed by atoms with Crippen LogP contribution in [0.15, 0.2) is 28.7 Å². The van der Waals surface area contributed by atoms with Gasteiger partial charge in [0, 0.05) is 25.1 Å². The second kappa shape index (κ2) is 6.73. The van der Waals surface area contributed by atoms with Gasteiger partial charge in [-0.05, 0) is 47.4 Å². The smallest absolute Gasteiger partial charge is 0.133 e. The van der Waals surface area contributed by atoms with Crippen LogP contribution in [0.2, 0.25) is 0 Å². The van der Waals surface area contributed by atoms with E-state index in [4.69, 9.17) is 4.74 Å². The number of hydrogen-bond acceptors (Lipinski definition) is 3. The number of para-hydroxylation sites is 1. The summed E-state index contributed by atoms with van der Waals surface area (Å²) in [5.74, 6) is 0.893. The van der Waals surface area contributed by atoms with E-state index in [1.807, 2.05) is 24.3 Å². The predicted octanol–water partition coefficient (Wildman–Crippen LogP) is 2.92. The van der Waals surface area contributed by atoms with Crippen LogP contribution in [-0.2, 0) is 0 Å². The van der Waals surface area contributed by atoms with Gasteiger partial charge in [0.15, 0.2) is 0 Å². The summed E-state index contributed by atoms with van der Waals surface area (Å²) in [6, 6.07) is 7.91. The molecule has 1 fully saturated rings. The molecule has 0 amide bonds. The first-order chi connectivity index (χ1) is 9.13. The van der Waals surface area contributed by atoms with Crippen molar-refractivity contribution in [2.75, 3.05) is 32.8 Å². The first-order valence-electron chi connectivity index (χ1n) is 6.83. The van der Waals surface area contributed by atoms with Crippen LogP contribution in [0.25, 0.3) is 0 Å². The fourth-order valence-corrected chi connectivity index (χ4v) is 2.99. The largest absolute Gasteiger partial charge is 0.491 e. The molecular weight excluding hydrogens is 306 g/mol. The molecule has 0 aromatic heterocycles. The average molecular weight is 328 g/mol. The molecule has 1 unspecified atom stereocenters. The standard InChI is InChI=1S/C15H22BrNO2/c1-15(12-18)7-4-8-17(11-15)9-10-19-14-6-3-2-5-13(14)16/h2-3,5-6,18H,4,7-12H2,1H3. The molecule has 19 heavy (non-hydrogen) atoms. The van der Waals surface area contributed by atoms with Crippen molar-refractivity contribution < 1.29 is 9.84 Å². The molecule has 1 aliphatic heterocycles. The number of rotatable bonds is 5. The van der Waals surface area contributed by atoms with Crippen molar-refractivity contribution in [3.05, 3.63) is 28.7 Å². The van der Waals surface area contributed by atoms with E-state index < -0.39 is 0 Å². The molecule has 106 valence electrons. The van der Waals surface area contributed by atoms with Gasteiger partial charge in [0.2, 0.25) is 0 Å². The third kappa shape index (κ3) is 4.20. The van der Waals surface area contributed by atoms with Crippen molar-refractivity contribution in [3.8, 4) is 5.75 Å². The molecule has 1 saturated heterocycles. The molecule has 0 bridgehead atoms. The first-order valence-corrected chi connectivity index (χ1v) is 7.63. The highest BCUT2D eigenvalue weighted by Gasteiger charge is 2.29. The average Bonchev–Trinajstić information content (AvgIpc) is 2.41. The molecule has 1 aromatic carbocycles. The Bertz CT molecular complexity index is 413. The third-order valence-electron chi connectivity index (χ3n) is 3.74. The number of hydrogen-bond donors (Lipinski definition) is 1. The predicted molar refractivity (Wildman–Crippen MR) is 80.5 cm³/mol. The molecule has 0 aliphatic carbocycles. The zero-order chi connectivity index (χ0) is 13.7. The maximum atomic E-state index is 9.44. The summed E-state index contributed by atoms with van der Waals surface area (Å²) in [6.07, 6.45) is 2.27. The molecule has 3 nitrogen and oxygen atoms in total. The Kier molecular flexibility index (Phi) is 5.25. The van der Waals surface area contributed by atoms with Gasteiger partial charge in [-0.3, -0.25) is 4.90 Å². The van der Waals surface area contributed by atoms with E-state index in [0.29, 0.717) is 6.61 Å². The lowest BCUT2D eigenvalue weighted by molar-refractivity contribution is 0.0405. The molecule has 1 atom stereocenters. The minimum Gasteiger partial charge on any atom is -0.491 e. The van der Waals surface area contributed by atoms with Gasteiger partial charge < -0.3 is 9.84 Å². The van der Waals surface area contributed by atoms with Gasteiger partial charge in [-0.2, -0.15) is 0 Å². The topological polar surface area (TPSA) is 32.7 Å². The number of ether oxygens (including phenoxy) is 1. The molecule has 0 spiro atoms. The Balaban J connectivity index is 1.78. The van der Waals surface area contributed by atoms with Gasteiger partial charge in [-0.15, -0.1) is 0 Å². The van der Waals surface area contributed by atoms with E-state index in [0.717, 1.165) is 42.7 Å². The van der Waals surface area contributed by atoms with Gasteiger partial charge in [0.1, 0.15) is 12.4 Å². The number of likely N-dealkylation sites (tertiary alicyclic amines) is 1. The van der Waals surface area contributed by atoms with Crippen LogP contribution in [0.4, 0.5) is 0 Å². The lowest BCUT2D eigenvalue weighted by atomic mass is 9.83. The molecule has 4 heteroatoms. The van der Waals surface area contributed by atoms with E-state index in [1.54, 1.807) is 0 Å². The molecule has 1 aromatic rings. The Morgan fingerprint density at radius 2 is 2.21 bits per heavy atom. The van der Waals surface area contributed by atoms with Crippen molar-refractivity contribution in [1.82, 2.24) is 4.90 Å². The number of piperidine rings is 1. The Morgan fingerprint density at radius 3 is 2.95 bits per heavy atom. The fraction of sp³-hybridized carbons (Fsp3) is 0.600. The zero-order valence-corrected chi connectivity index (χ0v) is 13.0. The molecular formula is C15H22BrNO2. The summed E-state index contributed by atoms with van der Waals surface area (Å²) in [5, 5.41) is 9.44. The van der Waals surface area contributed by atoms with Gasteiger partial charge in [-0.1, -0.05) is 19.1 Å². The van der Waals surface area contributed by atoms with Crippen LogP contribution in [0.1, 0.15) is 19.8 Å². The summed E-state index contributed by atoms with van der Waals surface area (Å²) < 4.78 is 6.78. The van der Waals surface area contributed by atoms with Crippen molar-refractivity contribution in [2.45, 2.75) is 19.8 Å². The number of benzene rings is 1. The quantitative estimate of drug-likeness (QED) is 0.902. The highest BCUT2D eigenvalue weighted by Crippen LogP contribution is 2.28. The highest BCUT2D eigenvalue weighted by atomic mass is 79.9. The molecule has 1 N–H and O–H groups in total. The Hall–Kier alpha value is -0.580. The van der Waals surface area contributed by atoms with Gasteiger partial charge >= 0.3 is 0 Å². The van der Waals surface area contributed by atoms with Crippen molar-refractivity contribution in [3.63, 3.8) is 0 Å². The molecule has 0 saturated carbocycles. The number of halogens is 1. The summed E-state index contributed by atoms with van der Waals surface area (Å²) >= 11 is 3.48. The van der Waals surface area contributed by atoms with Crippen LogP contribution in [0, 0.1) is 5.41 Å². The van der Waals surface area contributed by atoms with Crippen molar-refractivity contribution in [2.24, 2.45) is 5.41 Å². The molecule has 2 rings (SSSR count). The molecule has 0 radical (unpaired) electrons. The second-order valence-electron chi connectivity index (χ2n) is 5.63. The van der Waals surface area contributed by atoms with E-state index in [-0.39, 0.29) is 12.0 Å². The number of aliphatic hydroxyl groups excluding tert-OH is 1. The van der Waals surface area contributed by atoms with Crippen LogP contribution in [-0.4, -0.2) is 42.9 Å². The SMILES string of the molecule is CC1(CO)CCCN(CCOc2ccccc2Br)C1. The van der Waals surface area contributed by atoms with E-state index in [9.17, 15) is 5.11 Å². The van der Waals surface area contributed by atoms with Crippen LogP contribution < -0.4 is 4.74 Å². The summed E-state index contributed by atoms with van der Waals surface area (Å²) in [4.78, 5) is 2.39. The van der Waals surface area contributed by atoms with Gasteiger partial charge in [0.25, 0.3) is 0 Å². The molecule has 1 aliphatic rings. The van der Waals surface area contributed by atoms with E-state index in [2.05, 4.69) is 27.8 Å². The van der Waals surface area contributed by atoms with E-state index in [1.165, 1.54) is 0 Å². The maximum Gasteiger partial charge on any atom is 0.133 e. The maximum absolute atomic E-state index is 9.44. The number of aliphatic hydroxyl groups is 1. The summed E-state index contributed by atoms with van der Waals surface area (Å²) in [6.45, 7) is 6.10. The van der Waals surface area contributed by atoms with E-state index >= 15 is 0 Å². The summed E-state index contributed by atoms with van der Waals surface area (Å²) in [5.41, 5.74) is 0.0611. The lowest BCUT2D eigenvalue weighted by Crippen LogP contribution is -2.45. The number of nitrogens with zero attached hydrogens (tertiary/aromatic N) is 1. The van der Waals surface area contributed by atoms with Gasteiger partial charge in [-0.25, -0.2) is 0 Å². The zero-order valence-electron chi connectivity index (χ0n) is 11.4. The van der Waals surface area contributed by atoms with Crippen molar-refractivity contribution in [1.29, 1.82) is 0 Å². The van der Waals surface area contributed by atoms with Crippen LogP contribution in [0.3, 0.4) is 0 Å². The van der Waals surface area contributed by atoms with Gasteiger partial charge in [0.05, 0.1) is 4.47 Å². The Morgan fingerprint density at radius 1 is 1.42 bits per heavy atom. The first kappa shape index (κ1) is 14.8. The highest BCUT2D eigenvalue weighted by molar-refractivity contribution is 9.10. The second-order valence-corrected chi connectivity index (χ2v) is 6.48. The fourth-order valence-electron chi connectivity index (χ4n) is 2.59. The van der Waals surface area contributed by atoms with Crippen LogP contribution >= 0.6 is 15.9 Å². The van der Waals surface area contributed by atoms with Crippen molar-refractivity contribution >= 4 is 15.9 Å². The minimum atomic E-state index is 0.0611. The normalized spacial score (nSPS) is 24.4. The van der Waals surface area contributed by atoms with Crippen LogP contribution in [0.5, 0.6) is 5.75 Å². The summed E-state index contributed by atoms with van der Waals surface area (Å²) in [7, 11) is 0. The molecule has 1 heterocycles. The lowest BCUT2D eigenvalue weighted by Gasteiger charge is -2.39. The Labute approximate surface area is 123 Å². The minimum absolute atomic E-state index is 0.0611. The monoisotopic (exact) mass is 327 g/mol.